The largest absolute Gasteiger partial charge is 0.460 e. The van der Waals surface area contributed by atoms with Crippen LogP contribution in [0.3, 0.4) is 0 Å². The van der Waals surface area contributed by atoms with E-state index in [4.69, 9.17) is 26.6 Å². The van der Waals surface area contributed by atoms with Gasteiger partial charge in [-0.2, -0.15) is 9.72 Å². The third kappa shape index (κ3) is 4.84. The molecule has 0 aliphatic heterocycles. The topological polar surface area (TPSA) is 85.8 Å². The van der Waals surface area contributed by atoms with Gasteiger partial charge in [0.2, 0.25) is 0 Å². The van der Waals surface area contributed by atoms with Crippen LogP contribution >= 0.6 is 12.2 Å². The zero-order valence-electron chi connectivity index (χ0n) is 23.1. The van der Waals surface area contributed by atoms with Gasteiger partial charge in [0.25, 0.3) is 0 Å². The highest BCUT2D eigenvalue weighted by Gasteiger charge is 2.24. The average molecular weight is 510 g/mol. The third-order valence-electron chi connectivity index (χ3n) is 7.44. The second-order valence-corrected chi connectivity index (χ2v) is 9.93. The minimum Gasteiger partial charge on any atom is -0.389 e. The number of hydrogen-bond donors (Lipinski definition) is 0. The quantitative estimate of drug-likeness (QED) is 0.263. The molecule has 36 heavy (non-hydrogen) atoms. The molecule has 0 bridgehead atoms. The van der Waals surface area contributed by atoms with Crippen molar-refractivity contribution in [2.24, 2.45) is 12.2 Å². The van der Waals surface area contributed by atoms with Crippen LogP contribution in [0.2, 0.25) is 0 Å². The fourth-order valence-electron chi connectivity index (χ4n) is 4.33. The molecule has 0 saturated carbocycles. The van der Waals surface area contributed by atoms with E-state index in [1.165, 1.54) is 10.3 Å². The van der Waals surface area contributed by atoms with E-state index in [-0.39, 0.29) is 6.61 Å². The number of nitrogens with zero attached hydrogens (tertiary/aromatic N) is 5. The minimum atomic E-state index is -0.689. The van der Waals surface area contributed by atoms with Crippen molar-refractivity contribution in [3.8, 4) is 0 Å². The first-order chi connectivity index (χ1) is 16.8. The summed E-state index contributed by atoms with van der Waals surface area (Å²) in [6.07, 6.45) is 0. The lowest BCUT2D eigenvalue weighted by atomic mass is 9.87. The van der Waals surface area contributed by atoms with Crippen LogP contribution in [0.15, 0.2) is 14.5 Å². The molecule has 8 nitrogen and oxygen atoms in total. The van der Waals surface area contributed by atoms with Crippen LogP contribution < -0.4 is 10.7 Å². The molecule has 3 rings (SSSR count). The van der Waals surface area contributed by atoms with Crippen LogP contribution in [0.5, 0.6) is 0 Å². The van der Waals surface area contributed by atoms with Gasteiger partial charge in [-0.1, -0.05) is 17.4 Å². The number of aryl methyl sites for hydroxylation is 1. The molecule has 2 aromatic heterocycles. The van der Waals surface area contributed by atoms with Crippen molar-refractivity contribution in [3.05, 3.63) is 72.1 Å². The normalized spacial score (nSPS) is 11.7. The molecule has 0 saturated heterocycles. The standard InChI is InChI=1S/C27H35N5O3S/c1-13-14(2)18(6)23(19(7)15(13)3)24(26-29-27(33)35-32(26)11)30-34-12-22-17(5)16(4)20(8)25(28-22)31(10)21(9)36/h12H2,1-11H3. The highest BCUT2D eigenvalue weighted by molar-refractivity contribution is 7.80. The maximum Gasteiger partial charge on any atom is 0.460 e. The summed E-state index contributed by atoms with van der Waals surface area (Å²) in [6.45, 7) is 18.5. The average Bonchev–Trinajstić information content (AvgIpc) is 3.17. The number of hydrogen-bond acceptors (Lipinski definition) is 7. The summed E-state index contributed by atoms with van der Waals surface area (Å²) in [5, 5.41) is 4.53. The molecule has 0 fully saturated rings. The first-order valence-corrected chi connectivity index (χ1v) is 12.2. The van der Waals surface area contributed by atoms with E-state index >= 15 is 0 Å². The molecule has 192 valence electrons. The van der Waals surface area contributed by atoms with Crippen molar-refractivity contribution in [3.63, 3.8) is 0 Å². The molecule has 0 spiro atoms. The van der Waals surface area contributed by atoms with Crippen LogP contribution in [0.25, 0.3) is 0 Å². The van der Waals surface area contributed by atoms with E-state index < -0.39 is 5.76 Å². The predicted molar refractivity (Wildman–Crippen MR) is 147 cm³/mol. The van der Waals surface area contributed by atoms with E-state index in [1.807, 2.05) is 46.6 Å². The number of pyridine rings is 1. The second-order valence-electron chi connectivity index (χ2n) is 9.34. The zero-order valence-corrected chi connectivity index (χ0v) is 23.9. The first kappa shape index (κ1) is 27.3. The van der Waals surface area contributed by atoms with Crippen molar-refractivity contribution in [2.45, 2.75) is 68.9 Å². The third-order valence-corrected chi connectivity index (χ3v) is 7.71. The smallest absolute Gasteiger partial charge is 0.389 e. The summed E-state index contributed by atoms with van der Waals surface area (Å²) in [7, 11) is 3.54. The number of benzene rings is 1. The van der Waals surface area contributed by atoms with Gasteiger partial charge < -0.3 is 14.3 Å². The monoisotopic (exact) mass is 509 g/mol. The number of aromatic nitrogens is 3. The van der Waals surface area contributed by atoms with Gasteiger partial charge in [0.15, 0.2) is 18.1 Å². The second kappa shape index (κ2) is 10.3. The van der Waals surface area contributed by atoms with Gasteiger partial charge in [-0.05, 0) is 107 Å². The van der Waals surface area contributed by atoms with Crippen LogP contribution in [-0.2, 0) is 18.5 Å². The molecular weight excluding hydrogens is 474 g/mol. The van der Waals surface area contributed by atoms with Gasteiger partial charge in [-0.25, -0.2) is 9.78 Å². The van der Waals surface area contributed by atoms with Crippen molar-refractivity contribution < 1.29 is 9.36 Å². The molecule has 1 aromatic carbocycles. The lowest BCUT2D eigenvalue weighted by Gasteiger charge is -2.22. The molecule has 0 radical (unpaired) electrons. The fraction of sp³-hybridized carbons (Fsp3) is 0.444. The molecule has 0 aliphatic carbocycles. The van der Waals surface area contributed by atoms with Gasteiger partial charge in [0.1, 0.15) is 5.82 Å². The SMILES string of the molecule is CC(=S)N(C)c1nc(CON=C(c2c(C)c(C)c(C)c(C)c2C)c2nc(=O)on2C)c(C)c(C)c1C. The molecule has 0 amide bonds. The predicted octanol–water partition coefficient (Wildman–Crippen LogP) is 4.99. The van der Waals surface area contributed by atoms with E-state index in [2.05, 4.69) is 37.8 Å². The lowest BCUT2D eigenvalue weighted by Crippen LogP contribution is -2.24. The summed E-state index contributed by atoms with van der Waals surface area (Å²) in [6, 6.07) is 0. The molecule has 3 aromatic rings. The van der Waals surface area contributed by atoms with Gasteiger partial charge in [-0.3, -0.25) is 0 Å². The molecule has 0 N–H and O–H groups in total. The number of oxime groups is 1. The zero-order chi connectivity index (χ0) is 27.1. The fourth-order valence-corrected chi connectivity index (χ4v) is 4.41. The van der Waals surface area contributed by atoms with Gasteiger partial charge >= 0.3 is 5.76 Å². The molecule has 9 heteroatoms. The van der Waals surface area contributed by atoms with E-state index in [0.717, 1.165) is 61.0 Å². The Balaban J connectivity index is 2.14. The Bertz CT molecular complexity index is 1420. The van der Waals surface area contributed by atoms with Crippen molar-refractivity contribution in [2.75, 3.05) is 11.9 Å². The number of anilines is 1. The Kier molecular flexibility index (Phi) is 7.83. The summed E-state index contributed by atoms with van der Waals surface area (Å²) >= 11 is 5.37. The van der Waals surface area contributed by atoms with E-state index in [1.54, 1.807) is 7.05 Å². The van der Waals surface area contributed by atoms with Gasteiger partial charge in [0.05, 0.1) is 10.7 Å². The molecule has 2 heterocycles. The Morgan fingerprint density at radius 3 is 1.94 bits per heavy atom. The van der Waals surface area contributed by atoms with Crippen molar-refractivity contribution in [1.82, 2.24) is 14.7 Å². The molecule has 0 atom stereocenters. The highest BCUT2D eigenvalue weighted by Crippen LogP contribution is 2.29. The van der Waals surface area contributed by atoms with Gasteiger partial charge in [0, 0.05) is 19.7 Å². The maximum atomic E-state index is 12.0. The Labute approximate surface area is 218 Å². The van der Waals surface area contributed by atoms with Crippen LogP contribution in [0.4, 0.5) is 5.82 Å². The molecule has 0 unspecified atom stereocenters. The lowest BCUT2D eigenvalue weighted by molar-refractivity contribution is 0.127. The minimum absolute atomic E-state index is 0.140. The summed E-state index contributed by atoms with van der Waals surface area (Å²) in [5.74, 6) is 0.407. The van der Waals surface area contributed by atoms with Crippen LogP contribution in [0.1, 0.15) is 68.5 Å². The summed E-state index contributed by atoms with van der Waals surface area (Å²) < 4.78 is 6.46. The first-order valence-electron chi connectivity index (χ1n) is 11.8. The highest BCUT2D eigenvalue weighted by atomic mass is 32.1. The summed E-state index contributed by atoms with van der Waals surface area (Å²) in [4.78, 5) is 29.4. The van der Waals surface area contributed by atoms with E-state index in [0.29, 0.717) is 11.5 Å². The van der Waals surface area contributed by atoms with E-state index in [9.17, 15) is 4.79 Å². The summed E-state index contributed by atoms with van der Waals surface area (Å²) in [5.41, 5.74) is 11.0. The Morgan fingerprint density at radius 1 is 0.917 bits per heavy atom. The number of rotatable bonds is 6. The maximum absolute atomic E-state index is 12.0. The Hall–Kier alpha value is -3.33. The molecular formula is C27H35N5O3S. The Morgan fingerprint density at radius 2 is 1.44 bits per heavy atom. The number of thiocarbonyl (C=S) groups is 1. The van der Waals surface area contributed by atoms with Crippen molar-refractivity contribution >= 4 is 28.7 Å². The molecule has 0 aliphatic rings. The van der Waals surface area contributed by atoms with Gasteiger partial charge in [-0.15, -0.1) is 0 Å². The van der Waals surface area contributed by atoms with Crippen LogP contribution in [-0.4, -0.2) is 32.5 Å². The van der Waals surface area contributed by atoms with Crippen LogP contribution in [0, 0.1) is 55.4 Å². The van der Waals surface area contributed by atoms with Crippen molar-refractivity contribution in [1.29, 1.82) is 0 Å².